The first-order valence-electron chi connectivity index (χ1n) is 8.23. The minimum absolute atomic E-state index is 0.0619. The van der Waals surface area contributed by atoms with E-state index in [1.54, 1.807) is 50.2 Å². The highest BCUT2D eigenvalue weighted by atomic mass is 16.6. The average molecular weight is 380 g/mol. The van der Waals surface area contributed by atoms with Crippen LogP contribution in [0.15, 0.2) is 57.0 Å². The van der Waals surface area contributed by atoms with E-state index in [4.69, 9.17) is 0 Å². The van der Waals surface area contributed by atoms with Crippen LogP contribution in [0, 0.1) is 24.0 Å². The number of aliphatic imine (C=N–C) groups is 1. The van der Waals surface area contributed by atoms with Gasteiger partial charge in [0.15, 0.2) is 0 Å². The Bertz CT molecular complexity index is 1210. The highest BCUT2D eigenvalue weighted by molar-refractivity contribution is 5.86. The molecule has 0 saturated carbocycles. The summed E-state index contributed by atoms with van der Waals surface area (Å²) in [6, 6.07) is 11.3. The van der Waals surface area contributed by atoms with E-state index in [1.807, 2.05) is 0 Å². The lowest BCUT2D eigenvalue weighted by atomic mass is 10.1. The van der Waals surface area contributed by atoms with Crippen molar-refractivity contribution in [2.24, 2.45) is 4.99 Å². The van der Waals surface area contributed by atoms with Gasteiger partial charge in [-0.2, -0.15) is 0 Å². The third-order valence-corrected chi connectivity index (χ3v) is 4.08. The third-order valence-electron chi connectivity index (χ3n) is 4.08. The van der Waals surface area contributed by atoms with Gasteiger partial charge in [0.05, 0.1) is 10.6 Å². The van der Waals surface area contributed by atoms with E-state index >= 15 is 0 Å². The van der Waals surface area contributed by atoms with Crippen molar-refractivity contribution in [1.82, 2.24) is 9.55 Å². The van der Waals surface area contributed by atoms with Gasteiger partial charge in [-0.05, 0) is 37.1 Å². The van der Waals surface area contributed by atoms with Crippen LogP contribution in [-0.2, 0) is 0 Å². The van der Waals surface area contributed by atoms with Gasteiger partial charge >= 0.3 is 5.69 Å². The minimum atomic E-state index is -0.856. The second-order valence-corrected chi connectivity index (χ2v) is 6.13. The number of nitrogens with zero attached hydrogens (tertiary/aromatic N) is 3. The summed E-state index contributed by atoms with van der Waals surface area (Å²) in [5.41, 5.74) is -0.551. The van der Waals surface area contributed by atoms with Crippen molar-refractivity contribution in [3.63, 3.8) is 0 Å². The molecular formula is C19H16N4O5. The molecule has 9 nitrogen and oxygen atoms in total. The van der Waals surface area contributed by atoms with Gasteiger partial charge < -0.3 is 5.11 Å². The molecule has 0 spiro atoms. The molecule has 28 heavy (non-hydrogen) atoms. The minimum Gasteiger partial charge on any atom is -0.493 e. The van der Waals surface area contributed by atoms with Crippen molar-refractivity contribution in [3.05, 3.63) is 90.1 Å². The number of hydrogen-bond acceptors (Lipinski definition) is 6. The largest absolute Gasteiger partial charge is 0.493 e. The van der Waals surface area contributed by atoms with Gasteiger partial charge in [0.2, 0.25) is 5.88 Å². The SMILES string of the molecule is Cc1cc(C)c(N=Cc2c(O)n(-c3ccccc3)c(=O)[nH]c2=O)c([N+](=O)[O-])c1. The molecule has 3 aromatic rings. The van der Waals surface area contributed by atoms with Crippen molar-refractivity contribution in [3.8, 4) is 11.6 Å². The van der Waals surface area contributed by atoms with E-state index in [0.29, 0.717) is 16.8 Å². The first-order valence-corrected chi connectivity index (χ1v) is 8.23. The second kappa shape index (κ2) is 7.31. The van der Waals surface area contributed by atoms with Crippen LogP contribution in [0.4, 0.5) is 11.4 Å². The quantitative estimate of drug-likeness (QED) is 0.408. The fraction of sp³-hybridized carbons (Fsp3) is 0.105. The zero-order valence-corrected chi connectivity index (χ0v) is 15.0. The second-order valence-electron chi connectivity index (χ2n) is 6.13. The van der Waals surface area contributed by atoms with Crippen molar-refractivity contribution >= 4 is 17.6 Å². The van der Waals surface area contributed by atoms with Crippen LogP contribution >= 0.6 is 0 Å². The summed E-state index contributed by atoms with van der Waals surface area (Å²) in [5, 5.41) is 21.8. The molecule has 2 N–H and O–H groups in total. The standard InChI is InChI=1S/C19H16N4O5/c1-11-8-12(2)16(15(9-11)23(27)28)20-10-14-17(24)21-19(26)22(18(14)25)13-6-4-3-5-7-13/h3-10,25H,1-2H3,(H,21,24,26). The Balaban J connectivity index is 2.19. The number of aromatic amines is 1. The summed E-state index contributed by atoms with van der Waals surface area (Å²) >= 11 is 0. The zero-order chi connectivity index (χ0) is 20.4. The number of rotatable bonds is 4. The molecule has 0 unspecified atom stereocenters. The van der Waals surface area contributed by atoms with Gasteiger partial charge in [0.1, 0.15) is 11.3 Å². The van der Waals surface area contributed by atoms with Crippen LogP contribution in [0.5, 0.6) is 5.88 Å². The number of nitro benzene ring substituents is 1. The van der Waals surface area contributed by atoms with E-state index in [0.717, 1.165) is 10.8 Å². The summed E-state index contributed by atoms with van der Waals surface area (Å²) in [4.78, 5) is 41.2. The predicted molar refractivity (Wildman–Crippen MR) is 104 cm³/mol. The zero-order valence-electron chi connectivity index (χ0n) is 15.0. The van der Waals surface area contributed by atoms with Gasteiger partial charge in [-0.15, -0.1) is 0 Å². The lowest BCUT2D eigenvalue weighted by Crippen LogP contribution is -2.31. The number of aryl methyl sites for hydroxylation is 2. The number of benzene rings is 2. The van der Waals surface area contributed by atoms with E-state index in [2.05, 4.69) is 9.98 Å². The number of nitro groups is 1. The molecule has 0 saturated heterocycles. The van der Waals surface area contributed by atoms with Gasteiger partial charge in [0, 0.05) is 12.3 Å². The van der Waals surface area contributed by atoms with Crippen LogP contribution in [0.3, 0.4) is 0 Å². The van der Waals surface area contributed by atoms with E-state index in [9.17, 15) is 24.8 Å². The third kappa shape index (κ3) is 3.45. The van der Waals surface area contributed by atoms with Crippen LogP contribution in [0.1, 0.15) is 16.7 Å². The molecule has 0 radical (unpaired) electrons. The van der Waals surface area contributed by atoms with Crippen LogP contribution in [-0.4, -0.2) is 25.8 Å². The molecule has 0 fully saturated rings. The topological polar surface area (TPSA) is 131 Å². The van der Waals surface area contributed by atoms with Crippen molar-refractivity contribution < 1.29 is 10.0 Å². The molecule has 0 aliphatic heterocycles. The van der Waals surface area contributed by atoms with Gasteiger partial charge in [-0.3, -0.25) is 19.9 Å². The Labute approximate surface area is 158 Å². The lowest BCUT2D eigenvalue weighted by Gasteiger charge is -2.09. The maximum atomic E-state index is 12.2. The Hall–Kier alpha value is -4.01. The van der Waals surface area contributed by atoms with E-state index < -0.39 is 22.1 Å². The number of nitrogens with one attached hydrogen (secondary N) is 1. The first-order chi connectivity index (χ1) is 13.3. The summed E-state index contributed by atoms with van der Waals surface area (Å²) < 4.78 is 0.916. The summed E-state index contributed by atoms with van der Waals surface area (Å²) in [6.07, 6.45) is 1.01. The smallest absolute Gasteiger partial charge is 0.335 e. The molecule has 3 rings (SSSR count). The van der Waals surface area contributed by atoms with Crippen molar-refractivity contribution in [1.29, 1.82) is 0 Å². The van der Waals surface area contributed by atoms with E-state index in [1.165, 1.54) is 6.07 Å². The Morgan fingerprint density at radius 1 is 1.18 bits per heavy atom. The predicted octanol–water partition coefficient (Wildman–Crippen LogP) is 2.51. The number of H-pyrrole nitrogens is 1. The van der Waals surface area contributed by atoms with Gasteiger partial charge in [-0.1, -0.05) is 24.3 Å². The lowest BCUT2D eigenvalue weighted by molar-refractivity contribution is -0.384. The van der Waals surface area contributed by atoms with E-state index in [-0.39, 0.29) is 16.9 Å². The van der Waals surface area contributed by atoms with Gasteiger partial charge in [-0.25, -0.2) is 14.4 Å². The van der Waals surface area contributed by atoms with Crippen LogP contribution in [0.25, 0.3) is 5.69 Å². The fourth-order valence-corrected chi connectivity index (χ4v) is 2.85. The molecule has 142 valence electrons. The number of aromatic nitrogens is 2. The first kappa shape index (κ1) is 18.8. The molecule has 0 bridgehead atoms. The highest BCUT2D eigenvalue weighted by Gasteiger charge is 2.18. The van der Waals surface area contributed by atoms with Crippen molar-refractivity contribution in [2.75, 3.05) is 0 Å². The molecular weight excluding hydrogens is 364 g/mol. The van der Waals surface area contributed by atoms with Crippen molar-refractivity contribution in [2.45, 2.75) is 13.8 Å². The summed E-state index contributed by atoms with van der Waals surface area (Å²) in [5.74, 6) is -0.615. The number of hydrogen-bond donors (Lipinski definition) is 2. The molecule has 0 aliphatic carbocycles. The summed E-state index contributed by atoms with van der Waals surface area (Å²) in [6.45, 7) is 3.38. The molecule has 1 aromatic heterocycles. The molecule has 2 aromatic carbocycles. The maximum absolute atomic E-state index is 12.2. The molecule has 0 aliphatic rings. The van der Waals surface area contributed by atoms with Crippen LogP contribution < -0.4 is 11.2 Å². The Morgan fingerprint density at radius 3 is 2.50 bits per heavy atom. The Morgan fingerprint density at radius 2 is 1.86 bits per heavy atom. The number of aromatic hydroxyl groups is 1. The fourth-order valence-electron chi connectivity index (χ4n) is 2.85. The van der Waals surface area contributed by atoms with Crippen LogP contribution in [0.2, 0.25) is 0 Å². The molecule has 0 amide bonds. The molecule has 9 heteroatoms. The molecule has 0 atom stereocenters. The maximum Gasteiger partial charge on any atom is 0.335 e. The Kier molecular flexibility index (Phi) is 4.90. The van der Waals surface area contributed by atoms with Gasteiger partial charge in [0.25, 0.3) is 11.2 Å². The molecule has 1 heterocycles. The summed E-state index contributed by atoms with van der Waals surface area (Å²) in [7, 11) is 0. The highest BCUT2D eigenvalue weighted by Crippen LogP contribution is 2.32. The number of para-hydroxylation sites is 1. The monoisotopic (exact) mass is 380 g/mol. The normalized spacial score (nSPS) is 11.1. The average Bonchev–Trinajstić information content (AvgIpc) is 2.63.